The number of nitrogens with one attached hydrogen (secondary N) is 2. The van der Waals surface area contributed by atoms with Crippen LogP contribution in [0.4, 0.5) is 0 Å². The summed E-state index contributed by atoms with van der Waals surface area (Å²) in [6, 6.07) is 0. The molecule has 164 valence electrons. The molecule has 6 nitrogen and oxygen atoms in total. The largest absolute Gasteiger partial charge is 0.357 e. The van der Waals surface area contributed by atoms with Crippen LogP contribution in [-0.2, 0) is 4.79 Å². The highest BCUT2D eigenvalue weighted by molar-refractivity contribution is 14.0. The number of carbonyl (C=O) groups excluding carboxylic acids is 1. The minimum absolute atomic E-state index is 0. The number of guanidine groups is 1. The molecule has 1 unspecified atom stereocenters. The Morgan fingerprint density at radius 1 is 1.11 bits per heavy atom. The van der Waals surface area contributed by atoms with E-state index >= 15 is 0 Å². The van der Waals surface area contributed by atoms with E-state index in [4.69, 9.17) is 0 Å². The van der Waals surface area contributed by atoms with Crippen molar-refractivity contribution in [1.82, 2.24) is 20.4 Å². The van der Waals surface area contributed by atoms with Gasteiger partial charge >= 0.3 is 0 Å². The normalized spacial score (nSPS) is 21.8. The topological polar surface area (TPSA) is 60.0 Å². The number of hydrogen-bond donors (Lipinski definition) is 2. The van der Waals surface area contributed by atoms with Crippen molar-refractivity contribution in [2.24, 2.45) is 10.9 Å². The molecule has 2 aliphatic heterocycles. The fourth-order valence-electron chi connectivity index (χ4n) is 4.07. The Bertz CT molecular complexity index is 460. The summed E-state index contributed by atoms with van der Waals surface area (Å²) < 4.78 is 0. The monoisotopic (exact) mass is 507 g/mol. The summed E-state index contributed by atoms with van der Waals surface area (Å²) in [4.78, 5) is 21.3. The molecule has 0 radical (unpaired) electrons. The van der Waals surface area contributed by atoms with Crippen molar-refractivity contribution < 1.29 is 4.79 Å². The molecule has 0 aromatic rings. The number of rotatable bonds is 9. The van der Waals surface area contributed by atoms with Gasteiger partial charge in [0.05, 0.1) is 0 Å². The van der Waals surface area contributed by atoms with E-state index in [9.17, 15) is 4.79 Å². The molecule has 2 fully saturated rings. The maximum absolute atomic E-state index is 12.0. The Balaban J connectivity index is 0.00000392. The first-order valence-electron chi connectivity index (χ1n) is 11.2. The quantitative estimate of drug-likeness (QED) is 0.218. The summed E-state index contributed by atoms with van der Waals surface area (Å²) in [7, 11) is 0. The molecular weight excluding hydrogens is 465 g/mol. The zero-order valence-electron chi connectivity index (χ0n) is 18.0. The highest BCUT2D eigenvalue weighted by atomic mass is 127. The third-order valence-electron chi connectivity index (χ3n) is 5.56. The lowest BCUT2D eigenvalue weighted by atomic mass is 10.0. The molecule has 0 bridgehead atoms. The van der Waals surface area contributed by atoms with Crippen LogP contribution in [0.5, 0.6) is 0 Å². The van der Waals surface area contributed by atoms with E-state index in [1.165, 1.54) is 38.9 Å². The Morgan fingerprint density at radius 3 is 2.75 bits per heavy atom. The summed E-state index contributed by atoms with van der Waals surface area (Å²) in [5, 5.41) is 6.79. The van der Waals surface area contributed by atoms with E-state index in [2.05, 4.69) is 34.4 Å². The first-order chi connectivity index (χ1) is 13.2. The van der Waals surface area contributed by atoms with Gasteiger partial charge in [0.15, 0.2) is 5.96 Å². The van der Waals surface area contributed by atoms with Crippen LogP contribution in [-0.4, -0.2) is 74.0 Å². The van der Waals surface area contributed by atoms with Crippen molar-refractivity contribution in [3.05, 3.63) is 0 Å². The molecule has 1 amide bonds. The molecule has 0 spiro atoms. The van der Waals surface area contributed by atoms with Crippen molar-refractivity contribution in [1.29, 1.82) is 0 Å². The van der Waals surface area contributed by atoms with Gasteiger partial charge in [-0.15, -0.1) is 24.0 Å². The number of hydrogen-bond acceptors (Lipinski definition) is 3. The SMILES string of the molecule is CCNC(=NCCCN1CCCCCC1=O)NCCCN1CCCC(C)C1.I. The number of nitrogens with zero attached hydrogens (tertiary/aromatic N) is 3. The fraction of sp³-hybridized carbons (Fsp3) is 0.905. The third kappa shape index (κ3) is 10.3. The number of aliphatic imine (C=N–C) groups is 1. The molecule has 1 atom stereocenters. The average molecular weight is 508 g/mol. The summed E-state index contributed by atoms with van der Waals surface area (Å²) in [5.74, 6) is 2.09. The number of halogens is 1. The van der Waals surface area contributed by atoms with Gasteiger partial charge < -0.3 is 20.4 Å². The highest BCUT2D eigenvalue weighted by Crippen LogP contribution is 2.15. The van der Waals surface area contributed by atoms with E-state index < -0.39 is 0 Å². The van der Waals surface area contributed by atoms with Gasteiger partial charge in [0, 0.05) is 45.7 Å². The van der Waals surface area contributed by atoms with Gasteiger partial charge in [-0.2, -0.15) is 0 Å². The number of amides is 1. The first-order valence-corrected chi connectivity index (χ1v) is 11.2. The highest BCUT2D eigenvalue weighted by Gasteiger charge is 2.16. The zero-order valence-corrected chi connectivity index (χ0v) is 20.4. The standard InChI is InChI=1S/C21H41N5O.HI/c1-3-22-21(23-12-8-15-25-14-7-10-19(2)18-25)24-13-9-17-26-16-6-4-5-11-20(26)27;/h19H,3-18H2,1-2H3,(H2,22,23,24);1H. The van der Waals surface area contributed by atoms with Gasteiger partial charge in [-0.3, -0.25) is 9.79 Å². The van der Waals surface area contributed by atoms with Crippen molar-refractivity contribution in [3.63, 3.8) is 0 Å². The van der Waals surface area contributed by atoms with Crippen molar-refractivity contribution >= 4 is 35.8 Å². The second-order valence-corrected chi connectivity index (χ2v) is 8.13. The smallest absolute Gasteiger partial charge is 0.222 e. The molecule has 28 heavy (non-hydrogen) atoms. The van der Waals surface area contributed by atoms with Crippen LogP contribution in [0.1, 0.15) is 65.2 Å². The van der Waals surface area contributed by atoms with Crippen LogP contribution in [0.2, 0.25) is 0 Å². The lowest BCUT2D eigenvalue weighted by Gasteiger charge is -2.30. The molecule has 2 saturated heterocycles. The van der Waals surface area contributed by atoms with Crippen molar-refractivity contribution in [3.8, 4) is 0 Å². The van der Waals surface area contributed by atoms with E-state index in [1.807, 2.05) is 4.90 Å². The molecular formula is C21H42IN5O. The van der Waals surface area contributed by atoms with Gasteiger partial charge in [0.1, 0.15) is 0 Å². The van der Waals surface area contributed by atoms with E-state index in [-0.39, 0.29) is 24.0 Å². The Kier molecular flexibility index (Phi) is 13.9. The summed E-state index contributed by atoms with van der Waals surface area (Å²) in [5.41, 5.74) is 0. The molecule has 2 heterocycles. The van der Waals surface area contributed by atoms with Crippen LogP contribution in [0.25, 0.3) is 0 Å². The van der Waals surface area contributed by atoms with Gasteiger partial charge in [-0.1, -0.05) is 13.3 Å². The summed E-state index contributed by atoms with van der Waals surface area (Å²) >= 11 is 0. The van der Waals surface area contributed by atoms with Crippen LogP contribution >= 0.6 is 24.0 Å². The number of carbonyl (C=O) groups is 1. The minimum Gasteiger partial charge on any atom is -0.357 e. The predicted octanol–water partition coefficient (Wildman–Crippen LogP) is 3.07. The number of piperidine rings is 1. The molecule has 0 aromatic heterocycles. The van der Waals surface area contributed by atoms with Crippen LogP contribution in [0.15, 0.2) is 4.99 Å². The molecule has 2 aliphatic rings. The number of likely N-dealkylation sites (tertiary alicyclic amines) is 2. The lowest BCUT2D eigenvalue weighted by Crippen LogP contribution is -2.40. The Hall–Kier alpha value is -0.570. The van der Waals surface area contributed by atoms with Crippen molar-refractivity contribution in [2.75, 3.05) is 52.4 Å². The second kappa shape index (κ2) is 15.3. The molecule has 2 N–H and O–H groups in total. The molecule has 0 saturated carbocycles. The molecule has 2 rings (SSSR count). The van der Waals surface area contributed by atoms with Crippen LogP contribution in [0.3, 0.4) is 0 Å². The Labute approximate surface area is 189 Å². The van der Waals surface area contributed by atoms with Gasteiger partial charge in [0.25, 0.3) is 0 Å². The summed E-state index contributed by atoms with van der Waals surface area (Å²) in [6.45, 7) is 12.5. The van der Waals surface area contributed by atoms with Gasteiger partial charge in [0.2, 0.25) is 5.91 Å². The average Bonchev–Trinajstić information content (AvgIpc) is 2.86. The van der Waals surface area contributed by atoms with E-state index in [0.29, 0.717) is 5.91 Å². The van der Waals surface area contributed by atoms with E-state index in [1.54, 1.807) is 0 Å². The Morgan fingerprint density at radius 2 is 1.96 bits per heavy atom. The first kappa shape index (κ1) is 25.5. The second-order valence-electron chi connectivity index (χ2n) is 8.13. The van der Waals surface area contributed by atoms with Crippen molar-refractivity contribution in [2.45, 2.75) is 65.2 Å². The fourth-order valence-corrected chi connectivity index (χ4v) is 4.07. The lowest BCUT2D eigenvalue weighted by molar-refractivity contribution is -0.130. The maximum Gasteiger partial charge on any atom is 0.222 e. The third-order valence-corrected chi connectivity index (χ3v) is 5.56. The molecule has 0 aliphatic carbocycles. The molecule has 0 aromatic carbocycles. The zero-order chi connectivity index (χ0) is 19.3. The van der Waals surface area contributed by atoms with E-state index in [0.717, 1.165) is 76.7 Å². The maximum atomic E-state index is 12.0. The van der Waals surface area contributed by atoms with Crippen LogP contribution in [0, 0.1) is 5.92 Å². The van der Waals surface area contributed by atoms with Gasteiger partial charge in [-0.05, 0) is 64.5 Å². The summed E-state index contributed by atoms with van der Waals surface area (Å²) in [6.07, 6.45) is 8.93. The predicted molar refractivity (Wildman–Crippen MR) is 129 cm³/mol. The minimum atomic E-state index is 0. The molecule has 7 heteroatoms. The van der Waals surface area contributed by atoms with Crippen LogP contribution < -0.4 is 10.6 Å². The van der Waals surface area contributed by atoms with Gasteiger partial charge in [-0.25, -0.2) is 0 Å².